The highest BCUT2D eigenvalue weighted by molar-refractivity contribution is 7.80. The van der Waals surface area contributed by atoms with Gasteiger partial charge in [-0.25, -0.2) is 0 Å². The van der Waals surface area contributed by atoms with E-state index in [0.29, 0.717) is 4.99 Å². The molecule has 2 N–H and O–H groups in total. The summed E-state index contributed by atoms with van der Waals surface area (Å²) in [4.78, 5) is 2.99. The molecule has 0 atom stereocenters. The Balaban J connectivity index is 2.49. The number of para-hydroxylation sites is 1. The Bertz CT molecular complexity index is 338. The van der Waals surface area contributed by atoms with Crippen LogP contribution in [0.1, 0.15) is 39.0 Å². The largest absolute Gasteiger partial charge is 0.393 e. The van der Waals surface area contributed by atoms with E-state index in [1.165, 1.54) is 31.4 Å². The molecule has 0 aromatic heterocycles. The SMILES string of the molecule is CCCCCCN(CCC(N)=S)c1ccccc1. The molecule has 0 aliphatic heterocycles. The second kappa shape index (κ2) is 8.92. The van der Waals surface area contributed by atoms with E-state index < -0.39 is 0 Å². The van der Waals surface area contributed by atoms with Gasteiger partial charge >= 0.3 is 0 Å². The summed E-state index contributed by atoms with van der Waals surface area (Å²) < 4.78 is 0. The molecule has 0 spiro atoms. The Morgan fingerprint density at radius 1 is 1.11 bits per heavy atom. The van der Waals surface area contributed by atoms with E-state index in [1.807, 2.05) is 6.07 Å². The summed E-state index contributed by atoms with van der Waals surface area (Å²) in [6.07, 6.45) is 5.92. The first kappa shape index (κ1) is 15.0. The molecule has 0 unspecified atom stereocenters. The van der Waals surface area contributed by atoms with E-state index in [2.05, 4.69) is 36.1 Å². The number of benzene rings is 1. The van der Waals surface area contributed by atoms with E-state index in [1.54, 1.807) is 0 Å². The zero-order chi connectivity index (χ0) is 13.2. The molecule has 18 heavy (non-hydrogen) atoms. The molecule has 1 aromatic carbocycles. The van der Waals surface area contributed by atoms with Gasteiger partial charge in [0.15, 0.2) is 0 Å². The van der Waals surface area contributed by atoms with Crippen LogP contribution in [0.4, 0.5) is 5.69 Å². The first-order valence-corrected chi connectivity index (χ1v) is 7.23. The molecule has 1 rings (SSSR count). The van der Waals surface area contributed by atoms with Crippen molar-refractivity contribution in [2.75, 3.05) is 18.0 Å². The molecule has 0 saturated carbocycles. The van der Waals surface area contributed by atoms with Crippen LogP contribution in [0.5, 0.6) is 0 Å². The number of unbranched alkanes of at least 4 members (excludes halogenated alkanes) is 3. The number of hydrogen-bond donors (Lipinski definition) is 1. The van der Waals surface area contributed by atoms with Gasteiger partial charge in [0.05, 0.1) is 4.99 Å². The zero-order valence-electron chi connectivity index (χ0n) is 11.3. The van der Waals surface area contributed by atoms with E-state index in [0.717, 1.165) is 19.5 Å². The number of nitrogens with zero attached hydrogens (tertiary/aromatic N) is 1. The molecule has 1 aromatic rings. The maximum atomic E-state index is 5.60. The van der Waals surface area contributed by atoms with Crippen molar-refractivity contribution in [3.8, 4) is 0 Å². The van der Waals surface area contributed by atoms with Crippen molar-refractivity contribution in [2.45, 2.75) is 39.0 Å². The standard InChI is InChI=1S/C15H24N2S/c1-2-3-4-8-12-17(13-11-15(16)18)14-9-6-5-7-10-14/h5-7,9-10H,2-4,8,11-13H2,1H3,(H2,16,18). The average Bonchev–Trinajstić information content (AvgIpc) is 2.38. The van der Waals surface area contributed by atoms with Crippen LogP contribution in [0.3, 0.4) is 0 Å². The Morgan fingerprint density at radius 2 is 1.83 bits per heavy atom. The summed E-state index contributed by atoms with van der Waals surface area (Å²) in [7, 11) is 0. The fourth-order valence-corrected chi connectivity index (χ4v) is 2.07. The number of anilines is 1. The summed E-state index contributed by atoms with van der Waals surface area (Å²) in [5.41, 5.74) is 6.87. The van der Waals surface area contributed by atoms with Gasteiger partial charge in [0.25, 0.3) is 0 Å². The summed E-state index contributed by atoms with van der Waals surface area (Å²) in [5.74, 6) is 0. The molecular weight excluding hydrogens is 240 g/mol. The first-order chi connectivity index (χ1) is 8.74. The van der Waals surface area contributed by atoms with E-state index in [9.17, 15) is 0 Å². The maximum Gasteiger partial charge on any atom is 0.0745 e. The van der Waals surface area contributed by atoms with Gasteiger partial charge in [0.1, 0.15) is 0 Å². The van der Waals surface area contributed by atoms with E-state index in [4.69, 9.17) is 18.0 Å². The van der Waals surface area contributed by atoms with Crippen molar-refractivity contribution >= 4 is 22.9 Å². The lowest BCUT2D eigenvalue weighted by Crippen LogP contribution is -2.28. The Hall–Kier alpha value is -1.09. The van der Waals surface area contributed by atoms with Gasteiger partial charge in [-0.3, -0.25) is 0 Å². The number of nitrogens with two attached hydrogens (primary N) is 1. The molecule has 0 saturated heterocycles. The number of thiocarbonyl (C=S) groups is 1. The zero-order valence-corrected chi connectivity index (χ0v) is 12.1. The molecular formula is C15H24N2S. The predicted molar refractivity (Wildman–Crippen MR) is 84.2 cm³/mol. The maximum absolute atomic E-state index is 5.60. The minimum atomic E-state index is 0.601. The van der Waals surface area contributed by atoms with Crippen molar-refractivity contribution in [3.05, 3.63) is 30.3 Å². The molecule has 3 heteroatoms. The first-order valence-electron chi connectivity index (χ1n) is 6.82. The molecule has 0 radical (unpaired) electrons. The molecule has 2 nitrogen and oxygen atoms in total. The van der Waals surface area contributed by atoms with Crippen molar-refractivity contribution in [1.29, 1.82) is 0 Å². The third-order valence-corrected chi connectivity index (χ3v) is 3.24. The highest BCUT2D eigenvalue weighted by Crippen LogP contribution is 2.15. The number of hydrogen-bond acceptors (Lipinski definition) is 2. The molecule has 0 aliphatic rings. The molecule has 100 valence electrons. The summed E-state index contributed by atoms with van der Waals surface area (Å²) >= 11 is 4.97. The van der Waals surface area contributed by atoms with Crippen LogP contribution in [-0.2, 0) is 0 Å². The summed E-state index contributed by atoms with van der Waals surface area (Å²) in [5, 5.41) is 0. The smallest absolute Gasteiger partial charge is 0.0745 e. The summed E-state index contributed by atoms with van der Waals surface area (Å²) in [6, 6.07) is 10.5. The fourth-order valence-electron chi connectivity index (χ4n) is 1.98. The monoisotopic (exact) mass is 264 g/mol. The van der Waals surface area contributed by atoms with Gasteiger partial charge < -0.3 is 10.6 Å². The quantitative estimate of drug-likeness (QED) is 0.544. The molecule has 0 amide bonds. The molecule has 0 bridgehead atoms. The number of rotatable bonds is 9. The van der Waals surface area contributed by atoms with Crippen LogP contribution in [0.25, 0.3) is 0 Å². The Labute approximate surface area is 116 Å². The van der Waals surface area contributed by atoms with Crippen molar-refractivity contribution in [1.82, 2.24) is 0 Å². The molecule has 0 aliphatic carbocycles. The van der Waals surface area contributed by atoms with Crippen LogP contribution in [0, 0.1) is 0 Å². The third-order valence-electron chi connectivity index (χ3n) is 3.03. The van der Waals surface area contributed by atoms with Crippen molar-refractivity contribution in [3.63, 3.8) is 0 Å². The van der Waals surface area contributed by atoms with Gasteiger partial charge in [0, 0.05) is 25.2 Å². The topological polar surface area (TPSA) is 29.3 Å². The highest BCUT2D eigenvalue weighted by atomic mass is 32.1. The summed E-state index contributed by atoms with van der Waals surface area (Å²) in [6.45, 7) is 4.25. The third kappa shape index (κ3) is 6.01. The van der Waals surface area contributed by atoms with Crippen LogP contribution in [0.2, 0.25) is 0 Å². The van der Waals surface area contributed by atoms with Crippen LogP contribution >= 0.6 is 12.2 Å². The lowest BCUT2D eigenvalue weighted by atomic mass is 10.2. The van der Waals surface area contributed by atoms with Crippen molar-refractivity contribution < 1.29 is 0 Å². The minimum absolute atomic E-state index is 0.601. The van der Waals surface area contributed by atoms with Crippen LogP contribution in [0.15, 0.2) is 30.3 Å². The van der Waals surface area contributed by atoms with Gasteiger partial charge in [-0.1, -0.05) is 56.6 Å². The van der Waals surface area contributed by atoms with Gasteiger partial charge in [0.2, 0.25) is 0 Å². The van der Waals surface area contributed by atoms with Gasteiger partial charge in [-0.05, 0) is 18.6 Å². The lowest BCUT2D eigenvalue weighted by molar-refractivity contribution is 0.645. The van der Waals surface area contributed by atoms with E-state index in [-0.39, 0.29) is 0 Å². The lowest BCUT2D eigenvalue weighted by Gasteiger charge is -2.24. The van der Waals surface area contributed by atoms with E-state index >= 15 is 0 Å². The second-order valence-electron chi connectivity index (χ2n) is 4.60. The highest BCUT2D eigenvalue weighted by Gasteiger charge is 2.06. The van der Waals surface area contributed by atoms with Gasteiger partial charge in [-0.2, -0.15) is 0 Å². The fraction of sp³-hybridized carbons (Fsp3) is 0.533. The predicted octanol–water partition coefficient (Wildman–Crippen LogP) is 3.75. The second-order valence-corrected chi connectivity index (χ2v) is 5.12. The van der Waals surface area contributed by atoms with Crippen LogP contribution < -0.4 is 10.6 Å². The minimum Gasteiger partial charge on any atom is -0.393 e. The van der Waals surface area contributed by atoms with Crippen LogP contribution in [-0.4, -0.2) is 18.1 Å². The molecule has 0 fully saturated rings. The van der Waals surface area contributed by atoms with Crippen molar-refractivity contribution in [2.24, 2.45) is 5.73 Å². The Kier molecular flexibility index (Phi) is 7.42. The normalized spacial score (nSPS) is 10.3. The Morgan fingerprint density at radius 3 is 2.44 bits per heavy atom. The van der Waals surface area contributed by atoms with Gasteiger partial charge in [-0.15, -0.1) is 0 Å². The molecule has 0 heterocycles. The average molecular weight is 264 g/mol.